The molecule has 0 amide bonds. The molecule has 198 valence electrons. The largest absolute Gasteiger partial charge is 0.379 e. The number of sulfone groups is 1. The van der Waals surface area contributed by atoms with Gasteiger partial charge in [0.15, 0.2) is 15.0 Å². The van der Waals surface area contributed by atoms with Crippen molar-refractivity contribution in [1.82, 2.24) is 19.4 Å². The highest BCUT2D eigenvalue weighted by molar-refractivity contribution is 7.98. The van der Waals surface area contributed by atoms with Crippen molar-refractivity contribution >= 4 is 21.6 Å². The molecule has 10 heteroatoms. The molecule has 5 rings (SSSR count). The zero-order valence-electron chi connectivity index (χ0n) is 21.1. The van der Waals surface area contributed by atoms with Gasteiger partial charge >= 0.3 is 0 Å². The Bertz CT molecular complexity index is 1470. The maximum Gasteiger partial charge on any atom is 0.175 e. The van der Waals surface area contributed by atoms with E-state index in [0.29, 0.717) is 10.6 Å². The Balaban J connectivity index is 1.52. The lowest BCUT2D eigenvalue weighted by Crippen LogP contribution is -2.38. The first-order valence-electron chi connectivity index (χ1n) is 12.4. The molecule has 0 aliphatic carbocycles. The van der Waals surface area contributed by atoms with E-state index in [9.17, 15) is 12.8 Å². The molecule has 0 N–H and O–H groups in total. The van der Waals surface area contributed by atoms with Gasteiger partial charge in [-0.25, -0.2) is 17.8 Å². The summed E-state index contributed by atoms with van der Waals surface area (Å²) in [4.78, 5) is 11.9. The Morgan fingerprint density at radius 1 is 0.921 bits per heavy atom. The fourth-order valence-electron chi connectivity index (χ4n) is 4.41. The maximum absolute atomic E-state index is 13.8. The predicted octanol–water partition coefficient (Wildman–Crippen LogP) is 4.78. The van der Waals surface area contributed by atoms with E-state index in [1.165, 1.54) is 18.4 Å². The van der Waals surface area contributed by atoms with E-state index < -0.39 is 9.84 Å². The van der Waals surface area contributed by atoms with Crippen molar-refractivity contribution in [2.45, 2.75) is 22.3 Å². The van der Waals surface area contributed by atoms with Crippen LogP contribution >= 0.6 is 11.8 Å². The first-order valence-corrected chi connectivity index (χ1v) is 15.2. The number of morpholine rings is 1. The fourth-order valence-corrected chi connectivity index (χ4v) is 6.02. The maximum atomic E-state index is 13.8. The van der Waals surface area contributed by atoms with Crippen LogP contribution in [0.3, 0.4) is 0 Å². The van der Waals surface area contributed by atoms with Crippen molar-refractivity contribution in [1.29, 1.82) is 0 Å². The number of imidazole rings is 1. The number of aromatic nitrogens is 3. The van der Waals surface area contributed by atoms with Crippen LogP contribution in [0.5, 0.6) is 0 Å². The Kier molecular flexibility index (Phi) is 8.23. The van der Waals surface area contributed by atoms with Gasteiger partial charge in [-0.2, -0.15) is 0 Å². The van der Waals surface area contributed by atoms with Gasteiger partial charge in [0.05, 0.1) is 29.5 Å². The number of pyridine rings is 1. The van der Waals surface area contributed by atoms with Crippen LogP contribution in [0.1, 0.15) is 5.56 Å². The van der Waals surface area contributed by atoms with E-state index in [0.717, 1.165) is 72.6 Å². The molecule has 0 unspecified atom stereocenters. The molecule has 0 radical (unpaired) electrons. The normalized spacial score (nSPS) is 14.6. The highest BCUT2D eigenvalue weighted by Gasteiger charge is 2.22. The molecule has 2 aromatic carbocycles. The fraction of sp³-hybridized carbons (Fsp3) is 0.286. The second kappa shape index (κ2) is 11.8. The van der Waals surface area contributed by atoms with Crippen LogP contribution in [0.25, 0.3) is 22.5 Å². The number of rotatable bonds is 9. The third kappa shape index (κ3) is 6.32. The van der Waals surface area contributed by atoms with Crippen LogP contribution in [-0.2, 0) is 26.9 Å². The first kappa shape index (κ1) is 26.6. The SMILES string of the molecule is CS(=O)(=O)c1ccc(CSc2nc(-c3ccc(F)cc3)c(-c3ccncc3)n2CCN2CCOCC2)cc1. The average Bonchev–Trinajstić information content (AvgIpc) is 3.30. The summed E-state index contributed by atoms with van der Waals surface area (Å²) in [7, 11) is -3.25. The third-order valence-corrected chi connectivity index (χ3v) is 8.64. The highest BCUT2D eigenvalue weighted by atomic mass is 32.2. The van der Waals surface area contributed by atoms with Gasteiger partial charge in [-0.3, -0.25) is 9.88 Å². The Hall–Kier alpha value is -3.05. The Labute approximate surface area is 226 Å². The minimum Gasteiger partial charge on any atom is -0.379 e. The number of halogens is 1. The third-order valence-electron chi connectivity index (χ3n) is 6.47. The van der Waals surface area contributed by atoms with Crippen LogP contribution in [0.15, 0.2) is 83.1 Å². The number of benzene rings is 2. The lowest BCUT2D eigenvalue weighted by molar-refractivity contribution is 0.0362. The number of thioether (sulfide) groups is 1. The number of hydrogen-bond donors (Lipinski definition) is 0. The molecular weight excluding hydrogens is 523 g/mol. The average molecular weight is 553 g/mol. The van der Waals surface area contributed by atoms with Crippen LogP contribution in [0.2, 0.25) is 0 Å². The van der Waals surface area contributed by atoms with Gasteiger partial charge in [0.1, 0.15) is 5.82 Å². The second-order valence-electron chi connectivity index (χ2n) is 9.14. The smallest absolute Gasteiger partial charge is 0.175 e. The molecule has 1 aliphatic heterocycles. The van der Waals surface area contributed by atoms with E-state index in [1.54, 1.807) is 48.4 Å². The molecule has 1 fully saturated rings. The van der Waals surface area contributed by atoms with Crippen molar-refractivity contribution in [2.75, 3.05) is 39.1 Å². The molecule has 1 aliphatic rings. The summed E-state index contributed by atoms with van der Waals surface area (Å²) in [5.74, 6) is 0.329. The summed E-state index contributed by atoms with van der Waals surface area (Å²) in [5.41, 5.74) is 4.56. The number of hydrogen-bond acceptors (Lipinski definition) is 7. The van der Waals surface area contributed by atoms with Gasteiger partial charge in [0.25, 0.3) is 0 Å². The molecule has 0 saturated carbocycles. The van der Waals surface area contributed by atoms with Crippen LogP contribution in [0, 0.1) is 5.82 Å². The molecule has 0 atom stereocenters. The Morgan fingerprint density at radius 3 is 2.26 bits per heavy atom. The van der Waals surface area contributed by atoms with E-state index in [-0.39, 0.29) is 5.82 Å². The molecule has 7 nitrogen and oxygen atoms in total. The van der Waals surface area contributed by atoms with Crippen molar-refractivity contribution in [3.05, 3.63) is 84.4 Å². The zero-order chi connectivity index (χ0) is 26.5. The summed E-state index contributed by atoms with van der Waals surface area (Å²) >= 11 is 1.60. The van der Waals surface area contributed by atoms with Crippen molar-refractivity contribution in [3.63, 3.8) is 0 Å². The van der Waals surface area contributed by atoms with Gasteiger partial charge < -0.3 is 9.30 Å². The van der Waals surface area contributed by atoms with Crippen LogP contribution in [0.4, 0.5) is 4.39 Å². The molecule has 3 heterocycles. The summed E-state index contributed by atoms with van der Waals surface area (Å²) in [6, 6.07) is 17.3. The molecule has 4 aromatic rings. The van der Waals surface area contributed by atoms with E-state index in [4.69, 9.17) is 9.72 Å². The zero-order valence-corrected chi connectivity index (χ0v) is 22.7. The van der Waals surface area contributed by atoms with Crippen LogP contribution < -0.4 is 0 Å². The minimum absolute atomic E-state index is 0.293. The standard InChI is InChI=1S/C28H29FN4O3S2/c1-38(34,35)25-8-2-21(3-9-25)20-37-28-31-26(22-4-6-24(29)7-5-22)27(23-10-12-30-13-11-23)33(28)15-14-32-16-18-36-19-17-32/h2-13H,14-20H2,1H3. The first-order chi connectivity index (χ1) is 18.4. The van der Waals surface area contributed by atoms with Gasteiger partial charge in [-0.05, 0) is 54.1 Å². The lowest BCUT2D eigenvalue weighted by atomic mass is 10.1. The van der Waals surface area contributed by atoms with Gasteiger partial charge in [0.2, 0.25) is 0 Å². The molecule has 2 aromatic heterocycles. The summed E-state index contributed by atoms with van der Waals surface area (Å²) in [6.45, 7) is 4.80. The molecule has 0 bridgehead atoms. The molecule has 0 spiro atoms. The second-order valence-corrected chi connectivity index (χ2v) is 12.1. The predicted molar refractivity (Wildman–Crippen MR) is 147 cm³/mol. The number of ether oxygens (including phenoxy) is 1. The highest BCUT2D eigenvalue weighted by Crippen LogP contribution is 2.37. The quantitative estimate of drug-likeness (QED) is 0.277. The van der Waals surface area contributed by atoms with Gasteiger partial charge in [-0.15, -0.1) is 0 Å². The lowest BCUT2D eigenvalue weighted by Gasteiger charge is -2.27. The summed E-state index contributed by atoms with van der Waals surface area (Å²) in [6.07, 6.45) is 4.73. The van der Waals surface area contributed by atoms with Crippen molar-refractivity contribution < 1.29 is 17.5 Å². The van der Waals surface area contributed by atoms with E-state index in [2.05, 4.69) is 14.5 Å². The van der Waals surface area contributed by atoms with E-state index >= 15 is 0 Å². The summed E-state index contributed by atoms with van der Waals surface area (Å²) in [5, 5.41) is 0.844. The molecule has 38 heavy (non-hydrogen) atoms. The van der Waals surface area contributed by atoms with Gasteiger partial charge in [0, 0.05) is 61.7 Å². The number of nitrogens with zero attached hydrogens (tertiary/aromatic N) is 4. The van der Waals surface area contributed by atoms with E-state index in [1.807, 2.05) is 24.3 Å². The molecular formula is C28H29FN4O3S2. The monoisotopic (exact) mass is 552 g/mol. The topological polar surface area (TPSA) is 77.3 Å². The minimum atomic E-state index is -3.25. The summed E-state index contributed by atoms with van der Waals surface area (Å²) < 4.78 is 45.2. The Morgan fingerprint density at radius 2 is 1.61 bits per heavy atom. The van der Waals surface area contributed by atoms with Crippen LogP contribution in [-0.4, -0.2) is 67.0 Å². The van der Waals surface area contributed by atoms with Crippen molar-refractivity contribution in [2.24, 2.45) is 0 Å². The molecule has 1 saturated heterocycles. The van der Waals surface area contributed by atoms with Crippen molar-refractivity contribution in [3.8, 4) is 22.5 Å². The van der Waals surface area contributed by atoms with Gasteiger partial charge in [-0.1, -0.05) is 23.9 Å².